The molecule has 10 rings (SSSR count). The quantitative estimate of drug-likeness (QED) is 0.147. The van der Waals surface area contributed by atoms with Crippen molar-refractivity contribution in [2.45, 2.75) is 0 Å². The standard InChI is InChI=1S/C44H26O/c1-2-11-27(12-3-1)37-25-39-36-19-10-20-41-44(36)40(26-38(39)34-18-9-8-17-33(34)37)35-22-21-30(24-42(35)45-41)43-31-15-6-4-13-28(31)23-29-14-5-7-16-32(29)43/h1-26H/i1D,2D,3D,11D,12D. The van der Waals surface area contributed by atoms with Crippen molar-refractivity contribution in [2.24, 2.45) is 0 Å². The van der Waals surface area contributed by atoms with E-state index >= 15 is 0 Å². The molecule has 1 aliphatic heterocycles. The highest BCUT2D eigenvalue weighted by Gasteiger charge is 2.24. The number of rotatable bonds is 2. The summed E-state index contributed by atoms with van der Waals surface area (Å²) in [5.41, 5.74) is 5.14. The Morgan fingerprint density at radius 1 is 0.400 bits per heavy atom. The molecule has 1 heteroatoms. The summed E-state index contributed by atoms with van der Waals surface area (Å²) in [5, 5.41) is 10.4. The first-order valence-corrected chi connectivity index (χ1v) is 15.1. The predicted octanol–water partition coefficient (Wildman–Crippen LogP) is 12.6. The second kappa shape index (κ2) is 9.29. The predicted molar refractivity (Wildman–Crippen MR) is 190 cm³/mol. The van der Waals surface area contributed by atoms with Gasteiger partial charge in [0, 0.05) is 10.9 Å². The maximum absolute atomic E-state index is 8.78. The van der Waals surface area contributed by atoms with E-state index < -0.39 is 6.04 Å². The molecular weight excluding hydrogens is 544 g/mol. The average Bonchev–Trinajstić information content (AvgIpc) is 3.15. The number of ether oxygens (including phenoxy) is 1. The molecule has 0 saturated carbocycles. The fraction of sp³-hybridized carbons (Fsp3) is 0. The third-order valence-electron chi connectivity index (χ3n) is 9.28. The van der Waals surface area contributed by atoms with Crippen LogP contribution < -0.4 is 4.74 Å². The van der Waals surface area contributed by atoms with E-state index in [2.05, 4.69) is 84.9 Å². The smallest absolute Gasteiger partial charge is 0.135 e. The van der Waals surface area contributed by atoms with Crippen molar-refractivity contribution < 1.29 is 11.6 Å². The zero-order valence-corrected chi connectivity index (χ0v) is 24.0. The Morgan fingerprint density at radius 3 is 1.82 bits per heavy atom. The molecule has 0 aliphatic carbocycles. The molecule has 9 aromatic rings. The van der Waals surface area contributed by atoms with E-state index in [-0.39, 0.29) is 29.7 Å². The van der Waals surface area contributed by atoms with Crippen LogP contribution >= 0.6 is 0 Å². The molecule has 0 amide bonds. The number of benzene rings is 9. The third-order valence-corrected chi connectivity index (χ3v) is 9.28. The summed E-state index contributed by atoms with van der Waals surface area (Å²) in [7, 11) is 0. The van der Waals surface area contributed by atoms with E-state index in [0.29, 0.717) is 5.56 Å². The first kappa shape index (κ1) is 20.1. The summed E-state index contributed by atoms with van der Waals surface area (Å²) >= 11 is 0. The minimum absolute atomic E-state index is 0.199. The van der Waals surface area contributed by atoms with Gasteiger partial charge < -0.3 is 4.74 Å². The minimum Gasteiger partial charge on any atom is -0.456 e. The van der Waals surface area contributed by atoms with Crippen LogP contribution in [0.3, 0.4) is 0 Å². The molecule has 9 aromatic carbocycles. The van der Waals surface area contributed by atoms with Gasteiger partial charge in [0.25, 0.3) is 0 Å². The van der Waals surface area contributed by atoms with Gasteiger partial charge in [0.1, 0.15) is 11.5 Å². The molecule has 0 aromatic heterocycles. The maximum Gasteiger partial charge on any atom is 0.135 e. The normalized spacial score (nSPS) is 13.7. The first-order chi connectivity index (χ1) is 24.4. The van der Waals surface area contributed by atoms with Gasteiger partial charge in [-0.05, 0) is 113 Å². The van der Waals surface area contributed by atoms with Crippen LogP contribution in [0.5, 0.6) is 11.5 Å². The highest BCUT2D eigenvalue weighted by molar-refractivity contribution is 6.25. The largest absolute Gasteiger partial charge is 0.456 e. The van der Waals surface area contributed by atoms with E-state index in [0.717, 1.165) is 60.5 Å². The van der Waals surface area contributed by atoms with Gasteiger partial charge in [-0.1, -0.05) is 121 Å². The van der Waals surface area contributed by atoms with Crippen LogP contribution in [0.15, 0.2) is 158 Å². The lowest BCUT2D eigenvalue weighted by Crippen LogP contribution is -1.99. The average molecular weight is 576 g/mol. The fourth-order valence-electron chi connectivity index (χ4n) is 7.34. The summed E-state index contributed by atoms with van der Waals surface area (Å²) in [6.45, 7) is 0. The lowest BCUT2D eigenvalue weighted by atomic mass is 9.85. The Labute approximate surface area is 267 Å². The van der Waals surface area contributed by atoms with Crippen LogP contribution in [0.4, 0.5) is 0 Å². The molecule has 208 valence electrons. The van der Waals surface area contributed by atoms with Crippen LogP contribution in [0.1, 0.15) is 6.85 Å². The molecule has 1 heterocycles. The van der Waals surface area contributed by atoms with Gasteiger partial charge in [-0.2, -0.15) is 0 Å². The lowest BCUT2D eigenvalue weighted by Gasteiger charge is -2.24. The highest BCUT2D eigenvalue weighted by atomic mass is 16.5. The Kier molecular flexibility index (Phi) is 4.15. The van der Waals surface area contributed by atoms with Gasteiger partial charge >= 0.3 is 0 Å². The molecule has 0 spiro atoms. The zero-order valence-electron chi connectivity index (χ0n) is 29.0. The summed E-state index contributed by atoms with van der Waals surface area (Å²) in [4.78, 5) is 0. The Hall–Kier alpha value is -5.92. The van der Waals surface area contributed by atoms with Crippen molar-refractivity contribution in [2.75, 3.05) is 0 Å². The SMILES string of the molecule is [2H]c1c([2H])c([2H])c(-c2cc3c4cccc5c4c(cc3c3ccccc23)-c2ccc(-c3c4ccccc4cc4ccccc34)cc2O5)c([2H])c1[2H]. The van der Waals surface area contributed by atoms with Gasteiger partial charge in [0.2, 0.25) is 0 Å². The molecular formula is C44H26O. The Balaban J connectivity index is 1.25. The van der Waals surface area contributed by atoms with Gasteiger partial charge in [0.05, 0.1) is 6.85 Å². The maximum atomic E-state index is 8.78. The summed E-state index contributed by atoms with van der Waals surface area (Å²) in [5.74, 6) is 1.54. The molecule has 0 bridgehead atoms. The van der Waals surface area contributed by atoms with Crippen LogP contribution in [0.2, 0.25) is 0 Å². The molecule has 1 nitrogen and oxygen atoms in total. The van der Waals surface area contributed by atoms with Crippen LogP contribution in [0.25, 0.3) is 87.2 Å². The lowest BCUT2D eigenvalue weighted by molar-refractivity contribution is 0.487. The van der Waals surface area contributed by atoms with E-state index in [1.165, 1.54) is 27.1 Å². The third kappa shape index (κ3) is 3.56. The van der Waals surface area contributed by atoms with E-state index in [1.54, 1.807) is 0 Å². The second-order valence-corrected chi connectivity index (χ2v) is 11.7. The van der Waals surface area contributed by atoms with E-state index in [9.17, 15) is 0 Å². The van der Waals surface area contributed by atoms with Crippen molar-refractivity contribution in [1.29, 1.82) is 0 Å². The van der Waals surface area contributed by atoms with Crippen molar-refractivity contribution in [3.05, 3.63) is 158 Å². The van der Waals surface area contributed by atoms with Gasteiger partial charge in [-0.25, -0.2) is 0 Å². The summed E-state index contributed by atoms with van der Waals surface area (Å²) in [6, 6.07) is 42.5. The number of hydrogen-bond donors (Lipinski definition) is 0. The van der Waals surface area contributed by atoms with Crippen LogP contribution in [-0.2, 0) is 0 Å². The zero-order chi connectivity index (χ0) is 33.8. The van der Waals surface area contributed by atoms with Gasteiger partial charge in [-0.15, -0.1) is 0 Å². The van der Waals surface area contributed by atoms with E-state index in [1.807, 2.05) is 42.5 Å². The monoisotopic (exact) mass is 575 g/mol. The molecule has 0 saturated heterocycles. The molecule has 45 heavy (non-hydrogen) atoms. The van der Waals surface area contributed by atoms with Crippen molar-refractivity contribution >= 4 is 53.9 Å². The van der Waals surface area contributed by atoms with Crippen molar-refractivity contribution in [3.63, 3.8) is 0 Å². The molecule has 0 unspecified atom stereocenters. The first-order valence-electron chi connectivity index (χ1n) is 17.6. The second-order valence-electron chi connectivity index (χ2n) is 11.7. The van der Waals surface area contributed by atoms with Gasteiger partial charge in [0.15, 0.2) is 0 Å². The van der Waals surface area contributed by atoms with Crippen molar-refractivity contribution in [1.82, 2.24) is 0 Å². The summed E-state index contributed by atoms with van der Waals surface area (Å²) < 4.78 is 49.2. The summed E-state index contributed by atoms with van der Waals surface area (Å²) in [6.07, 6.45) is 0. The number of fused-ring (bicyclic) bond motifs is 8. The van der Waals surface area contributed by atoms with Gasteiger partial charge in [-0.3, -0.25) is 0 Å². The molecule has 1 aliphatic rings. The number of hydrogen-bond acceptors (Lipinski definition) is 1. The van der Waals surface area contributed by atoms with E-state index in [4.69, 9.17) is 11.6 Å². The topological polar surface area (TPSA) is 9.23 Å². The fourth-order valence-corrected chi connectivity index (χ4v) is 7.34. The van der Waals surface area contributed by atoms with Crippen LogP contribution in [0, 0.1) is 0 Å². The minimum atomic E-state index is -0.400. The Bertz CT molecular complexity index is 2880. The molecule has 0 fully saturated rings. The molecule has 0 N–H and O–H groups in total. The van der Waals surface area contributed by atoms with Crippen molar-refractivity contribution in [3.8, 4) is 44.9 Å². The highest BCUT2D eigenvalue weighted by Crippen LogP contribution is 2.51. The van der Waals surface area contributed by atoms with Crippen LogP contribution in [-0.4, -0.2) is 0 Å². The molecule has 0 radical (unpaired) electrons. The Morgan fingerprint density at radius 2 is 1.04 bits per heavy atom. The molecule has 0 atom stereocenters.